The van der Waals surface area contributed by atoms with Gasteiger partial charge in [-0.25, -0.2) is 4.79 Å². The highest BCUT2D eigenvalue weighted by Gasteiger charge is 2.47. The first-order chi connectivity index (χ1) is 7.65. The van der Waals surface area contributed by atoms with E-state index in [1.54, 1.807) is 11.8 Å². The summed E-state index contributed by atoms with van der Waals surface area (Å²) in [4.78, 5) is 24.5. The van der Waals surface area contributed by atoms with Crippen LogP contribution in [0.4, 0.5) is 4.79 Å². The van der Waals surface area contributed by atoms with E-state index in [4.69, 9.17) is 9.47 Å². The molecular formula is C10H14N2O4. The summed E-state index contributed by atoms with van der Waals surface area (Å²) in [5.41, 5.74) is 0. The average Bonchev–Trinajstić information content (AvgIpc) is 2.49. The molecule has 6 heteroatoms. The lowest BCUT2D eigenvalue weighted by Crippen LogP contribution is -2.57. The van der Waals surface area contributed by atoms with Crippen LogP contribution < -0.4 is 5.32 Å². The Hall–Kier alpha value is -1.14. The lowest BCUT2D eigenvalue weighted by Gasteiger charge is -2.34. The molecule has 3 aliphatic rings. The van der Waals surface area contributed by atoms with Gasteiger partial charge in [-0.15, -0.1) is 0 Å². The molecule has 3 heterocycles. The first kappa shape index (κ1) is 10.0. The van der Waals surface area contributed by atoms with Crippen LogP contribution in [0.25, 0.3) is 0 Å². The zero-order valence-electron chi connectivity index (χ0n) is 9.01. The molecule has 88 valence electrons. The number of rotatable bonds is 1. The summed E-state index contributed by atoms with van der Waals surface area (Å²) in [5, 5.41) is 2.33. The van der Waals surface area contributed by atoms with Crippen LogP contribution in [0.15, 0.2) is 0 Å². The van der Waals surface area contributed by atoms with Crippen molar-refractivity contribution < 1.29 is 19.1 Å². The summed E-state index contributed by atoms with van der Waals surface area (Å²) >= 11 is 0. The third-order valence-electron chi connectivity index (χ3n) is 3.41. The summed E-state index contributed by atoms with van der Waals surface area (Å²) in [6, 6.07) is -0.352. The van der Waals surface area contributed by atoms with Gasteiger partial charge in [-0.05, 0) is 0 Å². The molecule has 3 saturated heterocycles. The Morgan fingerprint density at radius 2 is 2.19 bits per heavy atom. The molecule has 4 atom stereocenters. The van der Waals surface area contributed by atoms with Gasteiger partial charge in [-0.2, -0.15) is 0 Å². The second-order valence-corrected chi connectivity index (χ2v) is 4.58. The van der Waals surface area contributed by atoms with Crippen LogP contribution in [-0.4, -0.2) is 48.4 Å². The van der Waals surface area contributed by atoms with Crippen molar-refractivity contribution >= 4 is 11.9 Å². The van der Waals surface area contributed by atoms with E-state index in [0.29, 0.717) is 19.6 Å². The van der Waals surface area contributed by atoms with Gasteiger partial charge in [0.05, 0.1) is 18.6 Å². The van der Waals surface area contributed by atoms with Gasteiger partial charge in [-0.1, -0.05) is 6.92 Å². The second-order valence-electron chi connectivity index (χ2n) is 4.58. The molecule has 1 unspecified atom stereocenters. The van der Waals surface area contributed by atoms with E-state index in [1.807, 2.05) is 0 Å². The number of hydrogen-bond donors (Lipinski definition) is 1. The standard InChI is InChI=1S/C10H14N2O4/c1-5-3-12(10(14)11-9(5)13)8-2-6-7(16-8)4-15-6/h5-8H,2-4H2,1H3,(H,11,13,14)/t5?,6-,7+,8+/m0/s1. The number of imide groups is 1. The summed E-state index contributed by atoms with van der Waals surface area (Å²) in [5.74, 6) is -0.390. The van der Waals surface area contributed by atoms with Gasteiger partial charge in [0.1, 0.15) is 12.3 Å². The number of nitrogens with one attached hydrogen (secondary N) is 1. The molecule has 1 N–H and O–H groups in total. The smallest absolute Gasteiger partial charge is 0.326 e. The van der Waals surface area contributed by atoms with Crippen molar-refractivity contribution in [2.75, 3.05) is 13.2 Å². The van der Waals surface area contributed by atoms with Crippen molar-refractivity contribution in [3.63, 3.8) is 0 Å². The zero-order chi connectivity index (χ0) is 11.3. The highest BCUT2D eigenvalue weighted by atomic mass is 16.6. The fourth-order valence-corrected chi connectivity index (χ4v) is 2.32. The van der Waals surface area contributed by atoms with Gasteiger partial charge >= 0.3 is 6.03 Å². The molecule has 0 aromatic heterocycles. The van der Waals surface area contributed by atoms with Gasteiger partial charge in [-0.3, -0.25) is 15.0 Å². The lowest BCUT2D eigenvalue weighted by atomic mass is 10.1. The van der Waals surface area contributed by atoms with Crippen LogP contribution in [0.3, 0.4) is 0 Å². The first-order valence-corrected chi connectivity index (χ1v) is 5.53. The van der Waals surface area contributed by atoms with Gasteiger partial charge in [0.25, 0.3) is 0 Å². The molecule has 3 amide bonds. The summed E-state index contributed by atoms with van der Waals surface area (Å²) in [6.45, 7) is 2.84. The van der Waals surface area contributed by atoms with E-state index in [2.05, 4.69) is 5.32 Å². The Labute approximate surface area is 92.9 Å². The van der Waals surface area contributed by atoms with Crippen molar-refractivity contribution in [3.8, 4) is 0 Å². The molecule has 0 aliphatic carbocycles. The van der Waals surface area contributed by atoms with Crippen molar-refractivity contribution in [2.24, 2.45) is 5.92 Å². The quantitative estimate of drug-likeness (QED) is 0.666. The number of carbonyl (C=O) groups is 2. The molecule has 3 aliphatic heterocycles. The Balaban J connectivity index is 1.70. The van der Waals surface area contributed by atoms with Crippen molar-refractivity contribution in [2.45, 2.75) is 31.8 Å². The van der Waals surface area contributed by atoms with Crippen molar-refractivity contribution in [1.29, 1.82) is 0 Å². The molecule has 6 nitrogen and oxygen atoms in total. The third-order valence-corrected chi connectivity index (χ3v) is 3.41. The van der Waals surface area contributed by atoms with Gasteiger partial charge in [0, 0.05) is 13.0 Å². The number of hydrogen-bond acceptors (Lipinski definition) is 4. The van der Waals surface area contributed by atoms with Crippen LogP contribution in [-0.2, 0) is 14.3 Å². The third kappa shape index (κ3) is 1.41. The van der Waals surface area contributed by atoms with Crippen LogP contribution in [0.5, 0.6) is 0 Å². The first-order valence-electron chi connectivity index (χ1n) is 5.53. The van der Waals surface area contributed by atoms with E-state index in [1.165, 1.54) is 0 Å². The minimum Gasteiger partial charge on any atom is -0.372 e. The molecule has 3 rings (SSSR count). The van der Waals surface area contributed by atoms with E-state index in [9.17, 15) is 9.59 Å². The minimum atomic E-state index is -0.352. The Morgan fingerprint density at radius 3 is 2.75 bits per heavy atom. The second kappa shape index (κ2) is 3.43. The molecule has 0 aromatic rings. The fourth-order valence-electron chi connectivity index (χ4n) is 2.32. The Kier molecular flexibility index (Phi) is 2.15. The SMILES string of the molecule is CC1CN([C@H]2C[C@@H]3OC[C@H]3O2)C(=O)NC1=O. The maximum atomic E-state index is 11.6. The van der Waals surface area contributed by atoms with E-state index < -0.39 is 0 Å². The number of urea groups is 1. The lowest BCUT2D eigenvalue weighted by molar-refractivity contribution is -0.155. The molecule has 0 bridgehead atoms. The summed E-state index contributed by atoms with van der Waals surface area (Å²) in [6.07, 6.45) is 0.725. The molecule has 16 heavy (non-hydrogen) atoms. The Bertz CT molecular complexity index is 334. The minimum absolute atomic E-state index is 0.130. The van der Waals surface area contributed by atoms with Gasteiger partial charge in [0.15, 0.2) is 0 Å². The van der Waals surface area contributed by atoms with E-state index in [-0.39, 0.29) is 36.3 Å². The predicted molar refractivity (Wildman–Crippen MR) is 52.4 cm³/mol. The van der Waals surface area contributed by atoms with Crippen LogP contribution in [0, 0.1) is 5.92 Å². The van der Waals surface area contributed by atoms with E-state index in [0.717, 1.165) is 0 Å². The highest BCUT2D eigenvalue weighted by Crippen LogP contribution is 2.33. The number of amides is 3. The number of carbonyl (C=O) groups excluding carboxylic acids is 2. The van der Waals surface area contributed by atoms with E-state index >= 15 is 0 Å². The monoisotopic (exact) mass is 226 g/mol. The summed E-state index contributed by atoms with van der Waals surface area (Å²) in [7, 11) is 0. The zero-order valence-corrected chi connectivity index (χ0v) is 9.01. The van der Waals surface area contributed by atoms with Gasteiger partial charge < -0.3 is 9.47 Å². The van der Waals surface area contributed by atoms with Crippen molar-refractivity contribution in [1.82, 2.24) is 10.2 Å². The van der Waals surface area contributed by atoms with Crippen LogP contribution in [0.2, 0.25) is 0 Å². The molecule has 0 aromatic carbocycles. The number of nitrogens with zero attached hydrogens (tertiary/aromatic N) is 1. The molecule has 0 saturated carbocycles. The molecule has 0 spiro atoms. The number of ether oxygens (including phenoxy) is 2. The largest absolute Gasteiger partial charge is 0.372 e. The van der Waals surface area contributed by atoms with Gasteiger partial charge in [0.2, 0.25) is 5.91 Å². The fraction of sp³-hybridized carbons (Fsp3) is 0.800. The highest BCUT2D eigenvalue weighted by molar-refractivity contribution is 5.97. The predicted octanol–water partition coefficient (Wildman–Crippen LogP) is -0.312. The van der Waals surface area contributed by atoms with Crippen LogP contribution >= 0.6 is 0 Å². The number of fused-ring (bicyclic) bond motifs is 1. The normalized spacial score (nSPS) is 42.7. The van der Waals surface area contributed by atoms with Crippen molar-refractivity contribution in [3.05, 3.63) is 0 Å². The molecule has 0 radical (unpaired) electrons. The topological polar surface area (TPSA) is 67.9 Å². The summed E-state index contributed by atoms with van der Waals surface area (Å²) < 4.78 is 11.0. The maximum absolute atomic E-state index is 11.6. The average molecular weight is 226 g/mol. The molecule has 3 fully saturated rings. The van der Waals surface area contributed by atoms with Crippen LogP contribution in [0.1, 0.15) is 13.3 Å². The Morgan fingerprint density at radius 1 is 1.38 bits per heavy atom. The molecular weight excluding hydrogens is 212 g/mol. The maximum Gasteiger partial charge on any atom is 0.326 e.